The molecule has 36 heavy (non-hydrogen) atoms. The fourth-order valence-electron chi connectivity index (χ4n) is 4.23. The summed E-state index contributed by atoms with van der Waals surface area (Å²) in [5.41, 5.74) is 6.29. The van der Waals surface area contributed by atoms with Crippen LogP contribution in [0.3, 0.4) is 0 Å². The number of fused-ring (bicyclic) bond motifs is 1. The average molecular weight is 488 g/mol. The number of carbonyl (C=O) groups is 1. The predicted octanol–water partition coefficient (Wildman–Crippen LogP) is 4.80. The molecule has 1 aromatic carbocycles. The molecule has 8 nitrogen and oxygen atoms in total. The lowest BCUT2D eigenvalue weighted by Crippen LogP contribution is -2.39. The molecule has 1 aliphatic rings. The maximum absolute atomic E-state index is 12.0. The summed E-state index contributed by atoms with van der Waals surface area (Å²) in [6, 6.07) is 6.74. The van der Waals surface area contributed by atoms with Crippen molar-refractivity contribution < 1.29 is 4.79 Å². The van der Waals surface area contributed by atoms with E-state index in [1.165, 1.54) is 11.1 Å². The van der Waals surface area contributed by atoms with E-state index in [-0.39, 0.29) is 11.4 Å². The maximum Gasteiger partial charge on any atom is 0.244 e. The van der Waals surface area contributed by atoms with Crippen molar-refractivity contribution in [3.63, 3.8) is 0 Å². The third-order valence-electron chi connectivity index (χ3n) is 6.06. The molecule has 0 bridgehead atoms. The highest BCUT2D eigenvalue weighted by Gasteiger charge is 2.17. The smallest absolute Gasteiger partial charge is 0.244 e. The number of hydrogen-bond donors (Lipinski definition) is 2. The Labute approximate surface area is 213 Å². The Balaban J connectivity index is 1.39. The van der Waals surface area contributed by atoms with E-state index in [0.717, 1.165) is 48.6 Å². The van der Waals surface area contributed by atoms with Crippen molar-refractivity contribution in [1.82, 2.24) is 30.0 Å². The van der Waals surface area contributed by atoms with Gasteiger partial charge in [0, 0.05) is 60.9 Å². The fourth-order valence-corrected chi connectivity index (χ4v) is 4.23. The van der Waals surface area contributed by atoms with E-state index in [4.69, 9.17) is 4.98 Å². The van der Waals surface area contributed by atoms with Crippen molar-refractivity contribution in [2.75, 3.05) is 18.4 Å². The number of nitrogens with zero attached hydrogens (tertiary/aromatic N) is 5. The molecule has 0 atom stereocenters. The number of nitrogens with one attached hydrogen (secondary N) is 2. The first-order valence-corrected chi connectivity index (χ1v) is 12.6. The van der Waals surface area contributed by atoms with Gasteiger partial charge in [-0.15, -0.1) is 0 Å². The zero-order valence-electron chi connectivity index (χ0n) is 22.2. The Hall–Kier alpha value is -3.52. The largest absolute Gasteiger partial charge is 0.348 e. The van der Waals surface area contributed by atoms with Crippen LogP contribution in [0.2, 0.25) is 0 Å². The molecule has 0 saturated heterocycles. The van der Waals surface area contributed by atoms with E-state index in [1.54, 1.807) is 6.08 Å². The van der Waals surface area contributed by atoms with Crippen molar-refractivity contribution >= 4 is 17.5 Å². The molecule has 3 aromatic rings. The number of hydrogen-bond acceptors (Lipinski definition) is 6. The Morgan fingerprint density at radius 1 is 1.19 bits per heavy atom. The summed E-state index contributed by atoms with van der Waals surface area (Å²) in [6.07, 6.45) is 10.3. The van der Waals surface area contributed by atoms with E-state index in [2.05, 4.69) is 57.7 Å². The van der Waals surface area contributed by atoms with Gasteiger partial charge >= 0.3 is 0 Å². The van der Waals surface area contributed by atoms with Gasteiger partial charge in [0.2, 0.25) is 11.9 Å². The molecule has 4 rings (SSSR count). The zero-order chi connectivity index (χ0) is 25.9. The van der Waals surface area contributed by atoms with Crippen LogP contribution in [0.15, 0.2) is 48.9 Å². The molecule has 2 aromatic heterocycles. The van der Waals surface area contributed by atoms with Crippen LogP contribution in [0.25, 0.3) is 11.3 Å². The van der Waals surface area contributed by atoms with Crippen LogP contribution in [0.1, 0.15) is 57.4 Å². The first-order chi connectivity index (χ1) is 17.1. The average Bonchev–Trinajstić information content (AvgIpc) is 3.30. The van der Waals surface area contributed by atoms with Crippen LogP contribution in [0, 0.1) is 6.92 Å². The molecule has 2 N–H and O–H groups in total. The summed E-state index contributed by atoms with van der Waals surface area (Å²) < 4.78 is 1.94. The third-order valence-corrected chi connectivity index (χ3v) is 6.06. The second-order valence-corrected chi connectivity index (χ2v) is 10.8. The van der Waals surface area contributed by atoms with E-state index in [9.17, 15) is 4.79 Å². The first kappa shape index (κ1) is 25.6. The highest BCUT2D eigenvalue weighted by atomic mass is 16.1. The van der Waals surface area contributed by atoms with Crippen LogP contribution in [0.5, 0.6) is 0 Å². The molecule has 190 valence electrons. The number of anilines is 2. The van der Waals surface area contributed by atoms with Gasteiger partial charge in [-0.25, -0.2) is 9.97 Å². The lowest BCUT2D eigenvalue weighted by Gasteiger charge is -2.28. The van der Waals surface area contributed by atoms with Crippen LogP contribution in [-0.4, -0.2) is 49.2 Å². The van der Waals surface area contributed by atoms with E-state index >= 15 is 0 Å². The highest BCUT2D eigenvalue weighted by Crippen LogP contribution is 2.26. The Morgan fingerprint density at radius 2 is 2.00 bits per heavy atom. The lowest BCUT2D eigenvalue weighted by atomic mass is 9.99. The Morgan fingerprint density at radius 3 is 2.72 bits per heavy atom. The molecule has 1 amide bonds. The first-order valence-electron chi connectivity index (χ1n) is 12.6. The minimum Gasteiger partial charge on any atom is -0.348 e. The van der Waals surface area contributed by atoms with Gasteiger partial charge in [-0.3, -0.25) is 14.4 Å². The van der Waals surface area contributed by atoms with Crippen molar-refractivity contribution in [3.05, 3.63) is 65.6 Å². The second kappa shape index (κ2) is 10.6. The number of benzene rings is 1. The number of amides is 1. The van der Waals surface area contributed by atoms with Gasteiger partial charge in [0.15, 0.2) is 0 Å². The van der Waals surface area contributed by atoms with Crippen molar-refractivity contribution in [2.45, 2.75) is 66.1 Å². The molecular weight excluding hydrogens is 450 g/mol. The highest BCUT2D eigenvalue weighted by molar-refractivity contribution is 5.88. The van der Waals surface area contributed by atoms with Crippen LogP contribution >= 0.6 is 0 Å². The molecule has 8 heteroatoms. The normalized spacial score (nSPS) is 14.3. The topological polar surface area (TPSA) is 88.0 Å². The van der Waals surface area contributed by atoms with Crippen LogP contribution in [0.4, 0.5) is 11.6 Å². The minimum atomic E-state index is -0.223. The molecule has 0 radical (unpaired) electrons. The SMILES string of the molecule is Cc1cnc(Nc2ccc3c(c2)CCN(C/C=C/C(=O)NC(C)(C)C)C3)nc1-c1cnn(C(C)C)c1. The maximum atomic E-state index is 12.0. The summed E-state index contributed by atoms with van der Waals surface area (Å²) in [6.45, 7) is 14.7. The number of aryl methyl sites for hydroxylation is 1. The van der Waals surface area contributed by atoms with E-state index in [0.29, 0.717) is 12.0 Å². The Bertz CT molecular complexity index is 1250. The van der Waals surface area contributed by atoms with Gasteiger partial charge < -0.3 is 10.6 Å². The van der Waals surface area contributed by atoms with E-state index < -0.39 is 0 Å². The Kier molecular flexibility index (Phi) is 7.54. The van der Waals surface area contributed by atoms with Gasteiger partial charge in [0.1, 0.15) is 0 Å². The molecule has 0 spiro atoms. The summed E-state index contributed by atoms with van der Waals surface area (Å²) in [4.78, 5) is 23.6. The summed E-state index contributed by atoms with van der Waals surface area (Å²) in [5.74, 6) is 0.523. The number of carbonyl (C=O) groups excluding carboxylic acids is 1. The second-order valence-electron chi connectivity index (χ2n) is 10.8. The van der Waals surface area contributed by atoms with Crippen LogP contribution in [-0.2, 0) is 17.8 Å². The molecule has 3 heterocycles. The molecule has 0 saturated carbocycles. The van der Waals surface area contributed by atoms with Gasteiger partial charge in [0.05, 0.1) is 11.9 Å². The standard InChI is InChI=1S/C28H37N7O/c1-19(2)35-18-23(16-30-35)26-20(3)15-29-27(32-26)31-24-10-9-22-17-34(13-11-21(22)14-24)12-7-8-25(36)33-28(4,5)6/h7-10,14-16,18-19H,11-13,17H2,1-6H3,(H,33,36)(H,29,31,32)/b8-7+. The monoisotopic (exact) mass is 487 g/mol. The summed E-state index contributed by atoms with van der Waals surface area (Å²) >= 11 is 0. The predicted molar refractivity (Wildman–Crippen MR) is 144 cm³/mol. The molecule has 0 aliphatic carbocycles. The third kappa shape index (κ3) is 6.57. The minimum absolute atomic E-state index is 0.0501. The van der Waals surface area contributed by atoms with Crippen molar-refractivity contribution in [3.8, 4) is 11.3 Å². The quantitative estimate of drug-likeness (QED) is 0.466. The summed E-state index contributed by atoms with van der Waals surface area (Å²) in [7, 11) is 0. The zero-order valence-corrected chi connectivity index (χ0v) is 22.2. The van der Waals surface area contributed by atoms with Gasteiger partial charge in [-0.05, 0) is 76.8 Å². The van der Waals surface area contributed by atoms with E-state index in [1.807, 2.05) is 57.0 Å². The fraction of sp³-hybridized carbons (Fsp3) is 0.429. The molecule has 1 aliphatic heterocycles. The molecular formula is C28H37N7O. The van der Waals surface area contributed by atoms with Crippen molar-refractivity contribution in [2.24, 2.45) is 0 Å². The molecule has 0 fully saturated rings. The summed E-state index contributed by atoms with van der Waals surface area (Å²) in [5, 5.41) is 10.8. The number of aromatic nitrogens is 4. The van der Waals surface area contributed by atoms with Crippen molar-refractivity contribution in [1.29, 1.82) is 0 Å². The van der Waals surface area contributed by atoms with Gasteiger partial charge in [0.25, 0.3) is 0 Å². The van der Waals surface area contributed by atoms with Gasteiger partial charge in [-0.2, -0.15) is 5.10 Å². The molecule has 0 unspecified atom stereocenters. The van der Waals surface area contributed by atoms with Crippen LogP contribution < -0.4 is 10.6 Å². The lowest BCUT2D eigenvalue weighted by molar-refractivity contribution is -0.117. The van der Waals surface area contributed by atoms with Gasteiger partial charge in [-0.1, -0.05) is 12.1 Å². The number of rotatable bonds is 7.